The molecule has 0 saturated heterocycles. The number of nitrogens with one attached hydrogen (secondary N) is 1. The summed E-state index contributed by atoms with van der Waals surface area (Å²) in [6, 6.07) is 3.59. The Morgan fingerprint density at radius 3 is 2.89 bits per heavy atom. The second-order valence-electron chi connectivity index (χ2n) is 4.20. The van der Waals surface area contributed by atoms with Crippen LogP contribution in [0.3, 0.4) is 0 Å². The van der Waals surface area contributed by atoms with Crippen molar-refractivity contribution in [1.29, 1.82) is 0 Å². The number of aromatic carboxylic acids is 1. The van der Waals surface area contributed by atoms with Gasteiger partial charge in [0.15, 0.2) is 0 Å². The largest absolute Gasteiger partial charge is 0.477 e. The Hall–Kier alpha value is -1.21. The van der Waals surface area contributed by atoms with E-state index in [1.807, 2.05) is 23.8 Å². The molecule has 0 aromatic carbocycles. The van der Waals surface area contributed by atoms with E-state index in [4.69, 9.17) is 5.11 Å². The van der Waals surface area contributed by atoms with Gasteiger partial charge in [0.05, 0.1) is 6.10 Å². The third-order valence-electron chi connectivity index (χ3n) is 2.81. The van der Waals surface area contributed by atoms with E-state index in [2.05, 4.69) is 5.32 Å². The minimum absolute atomic E-state index is 0.354. The zero-order chi connectivity index (χ0) is 13.8. The second-order valence-corrected chi connectivity index (χ2v) is 6.24. The van der Waals surface area contributed by atoms with Crippen LogP contribution in [0.5, 0.6) is 0 Å². The molecule has 6 heteroatoms. The van der Waals surface area contributed by atoms with Crippen molar-refractivity contribution in [3.63, 3.8) is 0 Å². The van der Waals surface area contributed by atoms with Crippen LogP contribution in [0, 0.1) is 6.92 Å². The number of hydrogen-bond acceptors (Lipinski definition) is 5. The molecule has 0 saturated carbocycles. The Kier molecular flexibility index (Phi) is 4.71. The predicted molar refractivity (Wildman–Crippen MR) is 77.0 cm³/mol. The number of thiophene rings is 2. The van der Waals surface area contributed by atoms with Crippen LogP contribution in [0.1, 0.15) is 31.8 Å². The van der Waals surface area contributed by atoms with Crippen LogP contribution in [-0.2, 0) is 6.54 Å². The maximum atomic E-state index is 10.9. The summed E-state index contributed by atoms with van der Waals surface area (Å²) >= 11 is 2.83. The maximum absolute atomic E-state index is 10.9. The molecule has 0 bridgehead atoms. The fraction of sp³-hybridized carbons (Fsp3) is 0.308. The molecule has 0 aliphatic rings. The summed E-state index contributed by atoms with van der Waals surface area (Å²) < 4.78 is 0. The summed E-state index contributed by atoms with van der Waals surface area (Å²) in [7, 11) is 0. The molecule has 2 aromatic heterocycles. The Labute approximate surface area is 119 Å². The fourth-order valence-corrected chi connectivity index (χ4v) is 3.31. The smallest absolute Gasteiger partial charge is 0.345 e. The molecule has 0 amide bonds. The second kappa shape index (κ2) is 6.29. The zero-order valence-electron chi connectivity index (χ0n) is 10.4. The van der Waals surface area contributed by atoms with Gasteiger partial charge in [-0.2, -0.15) is 11.3 Å². The van der Waals surface area contributed by atoms with E-state index in [1.165, 1.54) is 11.3 Å². The number of carboxylic acids is 1. The van der Waals surface area contributed by atoms with Gasteiger partial charge < -0.3 is 15.5 Å². The van der Waals surface area contributed by atoms with E-state index < -0.39 is 12.1 Å². The van der Waals surface area contributed by atoms with Crippen molar-refractivity contribution in [2.45, 2.75) is 19.6 Å². The van der Waals surface area contributed by atoms with Gasteiger partial charge in [-0.3, -0.25) is 0 Å². The Morgan fingerprint density at radius 2 is 2.32 bits per heavy atom. The molecule has 19 heavy (non-hydrogen) atoms. The highest BCUT2D eigenvalue weighted by Crippen LogP contribution is 2.22. The molecule has 0 aliphatic carbocycles. The molecule has 0 aliphatic heterocycles. The van der Waals surface area contributed by atoms with Gasteiger partial charge in [0.25, 0.3) is 0 Å². The van der Waals surface area contributed by atoms with Gasteiger partial charge in [0.2, 0.25) is 0 Å². The molecular weight excluding hydrogens is 282 g/mol. The zero-order valence-corrected chi connectivity index (χ0v) is 12.1. The minimum Gasteiger partial charge on any atom is -0.477 e. The minimum atomic E-state index is -0.891. The van der Waals surface area contributed by atoms with Crippen LogP contribution in [0.2, 0.25) is 0 Å². The number of aryl methyl sites for hydroxylation is 1. The molecule has 1 unspecified atom stereocenters. The summed E-state index contributed by atoms with van der Waals surface area (Å²) in [5, 5.41) is 25.8. The van der Waals surface area contributed by atoms with Gasteiger partial charge in [0, 0.05) is 18.0 Å². The number of carboxylic acid groups (broad SMARTS) is 1. The molecule has 3 N–H and O–H groups in total. The third kappa shape index (κ3) is 3.63. The molecule has 1 atom stereocenters. The average molecular weight is 297 g/mol. The summed E-state index contributed by atoms with van der Waals surface area (Å²) in [4.78, 5) is 12.2. The highest BCUT2D eigenvalue weighted by atomic mass is 32.1. The Bertz CT molecular complexity index is 548. The molecule has 0 radical (unpaired) electrons. The average Bonchev–Trinajstić information content (AvgIpc) is 2.99. The van der Waals surface area contributed by atoms with Gasteiger partial charge >= 0.3 is 5.97 Å². The number of rotatable bonds is 6. The van der Waals surface area contributed by atoms with E-state index in [9.17, 15) is 9.90 Å². The van der Waals surface area contributed by atoms with Crippen LogP contribution in [0.4, 0.5) is 0 Å². The van der Waals surface area contributed by atoms with Crippen molar-refractivity contribution < 1.29 is 15.0 Å². The summed E-state index contributed by atoms with van der Waals surface area (Å²) in [6.07, 6.45) is -0.524. The van der Waals surface area contributed by atoms with Crippen molar-refractivity contribution >= 4 is 28.6 Å². The lowest BCUT2D eigenvalue weighted by Gasteiger charge is -2.10. The molecule has 0 spiro atoms. The maximum Gasteiger partial charge on any atom is 0.345 e. The standard InChI is InChI=1S/C13H15NO3S2/c1-8-10(4-12(19-8)13(16)17)5-14-6-11(15)9-2-3-18-7-9/h2-4,7,11,14-15H,5-6H2,1H3,(H,16,17). The Morgan fingerprint density at radius 1 is 1.53 bits per heavy atom. The highest BCUT2D eigenvalue weighted by Gasteiger charge is 2.12. The first kappa shape index (κ1) is 14.2. The lowest BCUT2D eigenvalue weighted by Crippen LogP contribution is -2.20. The number of hydrogen-bond donors (Lipinski definition) is 3. The topological polar surface area (TPSA) is 69.6 Å². The number of carbonyl (C=O) groups is 1. The number of aliphatic hydroxyl groups is 1. The summed E-state index contributed by atoms with van der Waals surface area (Å²) in [5.41, 5.74) is 1.88. The van der Waals surface area contributed by atoms with Crippen LogP contribution in [-0.4, -0.2) is 22.7 Å². The lowest BCUT2D eigenvalue weighted by molar-refractivity contribution is 0.0702. The van der Waals surface area contributed by atoms with E-state index in [-0.39, 0.29) is 0 Å². The predicted octanol–water partition coefficient (Wildman–Crippen LogP) is 2.64. The van der Waals surface area contributed by atoms with E-state index in [1.54, 1.807) is 17.4 Å². The van der Waals surface area contributed by atoms with Crippen molar-refractivity contribution in [1.82, 2.24) is 5.32 Å². The monoisotopic (exact) mass is 297 g/mol. The lowest BCUT2D eigenvalue weighted by atomic mass is 10.2. The molecule has 4 nitrogen and oxygen atoms in total. The van der Waals surface area contributed by atoms with Crippen molar-refractivity contribution in [3.05, 3.63) is 43.8 Å². The SMILES string of the molecule is Cc1sc(C(=O)O)cc1CNCC(O)c1ccsc1. The van der Waals surface area contributed by atoms with Crippen LogP contribution in [0.15, 0.2) is 22.9 Å². The van der Waals surface area contributed by atoms with Crippen molar-refractivity contribution in [3.8, 4) is 0 Å². The first-order chi connectivity index (χ1) is 9.08. The fourth-order valence-electron chi connectivity index (χ4n) is 1.73. The molecule has 102 valence electrons. The first-order valence-corrected chi connectivity index (χ1v) is 7.57. The molecule has 2 rings (SSSR count). The quantitative estimate of drug-likeness (QED) is 0.766. The molecular formula is C13H15NO3S2. The van der Waals surface area contributed by atoms with E-state index in [0.29, 0.717) is 18.0 Å². The van der Waals surface area contributed by atoms with Gasteiger partial charge in [-0.25, -0.2) is 4.79 Å². The normalized spacial score (nSPS) is 12.5. The van der Waals surface area contributed by atoms with Gasteiger partial charge in [-0.1, -0.05) is 0 Å². The van der Waals surface area contributed by atoms with Crippen LogP contribution in [0.25, 0.3) is 0 Å². The van der Waals surface area contributed by atoms with Gasteiger partial charge in [-0.15, -0.1) is 11.3 Å². The van der Waals surface area contributed by atoms with E-state index >= 15 is 0 Å². The van der Waals surface area contributed by atoms with Gasteiger partial charge in [0.1, 0.15) is 4.88 Å². The highest BCUT2D eigenvalue weighted by molar-refractivity contribution is 7.14. The Balaban J connectivity index is 1.87. The molecule has 0 fully saturated rings. The number of aliphatic hydroxyl groups excluding tert-OH is 1. The molecule has 2 heterocycles. The summed E-state index contributed by atoms with van der Waals surface area (Å²) in [6.45, 7) is 2.93. The van der Waals surface area contributed by atoms with Crippen LogP contribution >= 0.6 is 22.7 Å². The first-order valence-electron chi connectivity index (χ1n) is 5.81. The van der Waals surface area contributed by atoms with Gasteiger partial charge in [-0.05, 0) is 40.9 Å². The van der Waals surface area contributed by atoms with Crippen LogP contribution < -0.4 is 5.32 Å². The third-order valence-corrected chi connectivity index (χ3v) is 4.59. The van der Waals surface area contributed by atoms with Crippen molar-refractivity contribution in [2.24, 2.45) is 0 Å². The summed E-state index contributed by atoms with van der Waals surface area (Å²) in [5.74, 6) is -0.891. The van der Waals surface area contributed by atoms with Crippen molar-refractivity contribution in [2.75, 3.05) is 6.54 Å². The molecule has 2 aromatic rings. The van der Waals surface area contributed by atoms with E-state index in [0.717, 1.165) is 16.0 Å².